The van der Waals surface area contributed by atoms with Gasteiger partial charge in [-0.2, -0.15) is 0 Å². The van der Waals surface area contributed by atoms with Crippen LogP contribution in [0.5, 0.6) is 5.75 Å². The molecule has 1 aliphatic heterocycles. The normalized spacial score (nSPS) is 16.6. The molecule has 7 nitrogen and oxygen atoms in total. The van der Waals surface area contributed by atoms with Gasteiger partial charge >= 0.3 is 0 Å². The van der Waals surface area contributed by atoms with Gasteiger partial charge in [0.15, 0.2) is 0 Å². The third-order valence-corrected chi connectivity index (χ3v) is 5.38. The van der Waals surface area contributed by atoms with E-state index in [0.717, 1.165) is 11.6 Å². The lowest BCUT2D eigenvalue weighted by atomic mass is 10.2. The molecule has 0 aromatic heterocycles. The van der Waals surface area contributed by atoms with Crippen LogP contribution in [0.15, 0.2) is 52.3 Å². The predicted molar refractivity (Wildman–Crippen MR) is 85.0 cm³/mol. The van der Waals surface area contributed by atoms with Crippen LogP contribution < -0.4 is 4.74 Å². The fourth-order valence-corrected chi connectivity index (χ4v) is 3.55. The highest BCUT2D eigenvalue weighted by Crippen LogP contribution is 2.33. The molecule has 2 aromatic carbocycles. The number of nitro benzene ring substituents is 1. The van der Waals surface area contributed by atoms with Gasteiger partial charge in [-0.25, -0.2) is 8.42 Å². The van der Waals surface area contributed by atoms with E-state index in [1.165, 1.54) is 24.3 Å². The van der Waals surface area contributed by atoms with Crippen molar-refractivity contribution in [3.8, 4) is 5.75 Å². The van der Waals surface area contributed by atoms with Crippen LogP contribution in [0, 0.1) is 17.0 Å². The van der Waals surface area contributed by atoms with Crippen molar-refractivity contribution in [1.82, 2.24) is 0 Å². The Morgan fingerprint density at radius 1 is 1.25 bits per heavy atom. The van der Waals surface area contributed by atoms with Crippen molar-refractivity contribution >= 4 is 15.5 Å². The molecule has 1 unspecified atom stereocenters. The average Bonchev–Trinajstić information content (AvgIpc) is 3.37. The van der Waals surface area contributed by atoms with Crippen molar-refractivity contribution in [2.24, 2.45) is 0 Å². The molecule has 24 heavy (non-hydrogen) atoms. The lowest BCUT2D eigenvalue weighted by molar-refractivity contribution is -0.385. The zero-order valence-electron chi connectivity index (χ0n) is 12.8. The molecule has 2 aromatic rings. The Balaban J connectivity index is 2.05. The molecule has 1 aliphatic rings. The molecule has 0 saturated carbocycles. The molecule has 1 atom stereocenters. The zero-order valence-corrected chi connectivity index (χ0v) is 13.7. The summed E-state index contributed by atoms with van der Waals surface area (Å²) in [6.07, 6.45) is -0.0601. The van der Waals surface area contributed by atoms with Crippen LogP contribution in [-0.4, -0.2) is 32.7 Å². The maximum absolute atomic E-state index is 12.9. The maximum atomic E-state index is 12.9. The minimum absolute atomic E-state index is 0.0566. The molecular weight excluding hydrogens is 334 g/mol. The van der Waals surface area contributed by atoms with E-state index in [-0.39, 0.29) is 33.9 Å². The second kappa shape index (κ2) is 6.21. The highest BCUT2D eigenvalue weighted by molar-refractivity contribution is 7.91. The highest BCUT2D eigenvalue weighted by atomic mass is 32.2. The maximum Gasteiger partial charge on any atom is 0.271 e. The van der Waals surface area contributed by atoms with Gasteiger partial charge in [0.05, 0.1) is 16.4 Å². The van der Waals surface area contributed by atoms with Crippen molar-refractivity contribution in [1.29, 1.82) is 0 Å². The van der Waals surface area contributed by atoms with Gasteiger partial charge < -0.3 is 9.47 Å². The van der Waals surface area contributed by atoms with Gasteiger partial charge in [0.2, 0.25) is 9.84 Å². The molecule has 1 heterocycles. The van der Waals surface area contributed by atoms with Crippen molar-refractivity contribution < 1.29 is 22.8 Å². The summed E-state index contributed by atoms with van der Waals surface area (Å²) in [4.78, 5) is 10.2. The molecule has 0 N–H and O–H groups in total. The van der Waals surface area contributed by atoms with Crippen LogP contribution in [0.25, 0.3) is 0 Å². The van der Waals surface area contributed by atoms with Gasteiger partial charge in [-0.05, 0) is 25.1 Å². The van der Waals surface area contributed by atoms with Gasteiger partial charge in [0.1, 0.15) is 23.4 Å². The topological polar surface area (TPSA) is 99.0 Å². The Morgan fingerprint density at radius 3 is 2.50 bits per heavy atom. The number of benzene rings is 2. The molecule has 0 bridgehead atoms. The number of non-ortho nitro benzene ring substituents is 1. The Bertz CT molecular complexity index is 872. The first kappa shape index (κ1) is 16.4. The number of sulfone groups is 1. The second-order valence-corrected chi connectivity index (χ2v) is 7.39. The first-order valence-electron chi connectivity index (χ1n) is 7.22. The fourth-order valence-electron chi connectivity index (χ4n) is 2.13. The third-order valence-electron chi connectivity index (χ3n) is 3.59. The van der Waals surface area contributed by atoms with E-state index < -0.39 is 14.8 Å². The Hall–Kier alpha value is -2.45. The third kappa shape index (κ3) is 3.39. The van der Waals surface area contributed by atoms with Crippen molar-refractivity contribution in [3.05, 3.63) is 58.1 Å². The number of hydrogen-bond acceptors (Lipinski definition) is 6. The molecule has 126 valence electrons. The highest BCUT2D eigenvalue weighted by Gasteiger charge is 2.28. The number of epoxide rings is 1. The van der Waals surface area contributed by atoms with E-state index in [1.54, 1.807) is 12.1 Å². The predicted octanol–water partition coefficient (Wildman–Crippen LogP) is 2.51. The molecule has 0 aliphatic carbocycles. The number of nitro groups is 1. The van der Waals surface area contributed by atoms with Crippen LogP contribution >= 0.6 is 0 Å². The van der Waals surface area contributed by atoms with E-state index in [9.17, 15) is 18.5 Å². The van der Waals surface area contributed by atoms with Crippen LogP contribution in [0.1, 0.15) is 5.56 Å². The average molecular weight is 349 g/mol. The van der Waals surface area contributed by atoms with Crippen molar-refractivity contribution in [3.63, 3.8) is 0 Å². The molecule has 8 heteroatoms. The molecule has 1 saturated heterocycles. The molecule has 3 rings (SSSR count). The number of nitrogens with zero attached hydrogens (tertiary/aromatic N) is 1. The minimum Gasteiger partial charge on any atom is -0.489 e. The summed E-state index contributed by atoms with van der Waals surface area (Å²) >= 11 is 0. The van der Waals surface area contributed by atoms with Crippen LogP contribution in [0.4, 0.5) is 5.69 Å². The van der Waals surface area contributed by atoms with Crippen LogP contribution in [-0.2, 0) is 14.6 Å². The van der Waals surface area contributed by atoms with Gasteiger partial charge in [0.25, 0.3) is 5.69 Å². The number of rotatable bonds is 6. The SMILES string of the molecule is Cc1ccc(S(=O)(=O)c2cc([N+](=O)[O-])ccc2OCC2CO2)cc1. The lowest BCUT2D eigenvalue weighted by Gasteiger charge is -2.11. The monoisotopic (exact) mass is 349 g/mol. The first-order valence-corrected chi connectivity index (χ1v) is 8.71. The van der Waals surface area contributed by atoms with E-state index in [1.807, 2.05) is 6.92 Å². The second-order valence-electron chi connectivity index (χ2n) is 5.47. The largest absolute Gasteiger partial charge is 0.489 e. The van der Waals surface area contributed by atoms with E-state index in [0.29, 0.717) is 6.61 Å². The quantitative estimate of drug-likeness (QED) is 0.451. The van der Waals surface area contributed by atoms with Crippen molar-refractivity contribution in [2.75, 3.05) is 13.2 Å². The lowest BCUT2D eigenvalue weighted by Crippen LogP contribution is -2.10. The van der Waals surface area contributed by atoms with Gasteiger partial charge in [-0.15, -0.1) is 0 Å². The van der Waals surface area contributed by atoms with Gasteiger partial charge in [-0.3, -0.25) is 10.1 Å². The first-order chi connectivity index (χ1) is 11.4. The number of ether oxygens (including phenoxy) is 2. The minimum atomic E-state index is -3.94. The zero-order chi connectivity index (χ0) is 17.3. The van der Waals surface area contributed by atoms with Crippen molar-refractivity contribution in [2.45, 2.75) is 22.8 Å². The molecule has 1 fully saturated rings. The number of aryl methyl sites for hydroxylation is 1. The summed E-state index contributed by atoms with van der Waals surface area (Å²) in [6, 6.07) is 9.83. The van der Waals surface area contributed by atoms with Gasteiger partial charge in [0, 0.05) is 12.1 Å². The molecular formula is C16H15NO6S. The Labute approximate surface area is 138 Å². The molecule has 0 radical (unpaired) electrons. The van der Waals surface area contributed by atoms with Gasteiger partial charge in [-0.1, -0.05) is 17.7 Å². The van der Waals surface area contributed by atoms with Crippen LogP contribution in [0.2, 0.25) is 0 Å². The van der Waals surface area contributed by atoms with E-state index >= 15 is 0 Å². The van der Waals surface area contributed by atoms with E-state index in [2.05, 4.69) is 0 Å². The fraction of sp³-hybridized carbons (Fsp3) is 0.250. The number of hydrogen-bond donors (Lipinski definition) is 0. The summed E-state index contributed by atoms with van der Waals surface area (Å²) < 4.78 is 36.3. The summed E-state index contributed by atoms with van der Waals surface area (Å²) in [5.41, 5.74) is 0.603. The Kier molecular flexibility index (Phi) is 4.25. The van der Waals surface area contributed by atoms with Crippen LogP contribution in [0.3, 0.4) is 0 Å². The molecule has 0 spiro atoms. The Morgan fingerprint density at radius 2 is 1.92 bits per heavy atom. The van der Waals surface area contributed by atoms with E-state index in [4.69, 9.17) is 9.47 Å². The summed E-state index contributed by atoms with van der Waals surface area (Å²) in [5.74, 6) is 0.0803. The molecule has 0 amide bonds. The summed E-state index contributed by atoms with van der Waals surface area (Å²) in [5, 5.41) is 11.0. The summed E-state index contributed by atoms with van der Waals surface area (Å²) in [6.45, 7) is 2.61. The summed E-state index contributed by atoms with van der Waals surface area (Å²) in [7, 11) is -3.94. The smallest absolute Gasteiger partial charge is 0.271 e. The standard InChI is InChI=1S/C16H15NO6S/c1-11-2-5-14(6-3-11)24(20,21)16-8-12(17(18)19)4-7-15(16)23-10-13-9-22-13/h2-8,13H,9-10H2,1H3.